The molecule has 21 heavy (non-hydrogen) atoms. The zero-order chi connectivity index (χ0) is 14.9. The number of ether oxygens (including phenoxy) is 2. The molecule has 1 unspecified atom stereocenters. The van der Waals surface area contributed by atoms with Gasteiger partial charge in [0, 0.05) is 19.1 Å². The predicted octanol–water partition coefficient (Wildman–Crippen LogP) is 2.54. The molecule has 0 aromatic heterocycles. The summed E-state index contributed by atoms with van der Waals surface area (Å²) >= 11 is 0. The molecule has 1 aromatic rings. The smallest absolute Gasteiger partial charge is 0.161 e. The second-order valence-electron chi connectivity index (χ2n) is 5.59. The van der Waals surface area contributed by atoms with Crippen LogP contribution in [0.4, 0.5) is 0 Å². The highest BCUT2D eigenvalue weighted by Gasteiger charge is 2.14. The maximum Gasteiger partial charge on any atom is 0.161 e. The summed E-state index contributed by atoms with van der Waals surface area (Å²) < 4.78 is 11.4. The first kappa shape index (κ1) is 16.1. The van der Waals surface area contributed by atoms with Crippen LogP contribution in [-0.2, 0) is 0 Å². The fourth-order valence-electron chi connectivity index (χ4n) is 2.73. The van der Waals surface area contributed by atoms with E-state index in [1.165, 1.54) is 25.9 Å². The first-order valence-electron chi connectivity index (χ1n) is 8.10. The van der Waals surface area contributed by atoms with E-state index in [1.54, 1.807) is 0 Å². The molecule has 1 fully saturated rings. The number of para-hydroxylation sites is 2. The Kier molecular flexibility index (Phi) is 6.83. The maximum atomic E-state index is 5.81. The Balaban J connectivity index is 1.64. The Labute approximate surface area is 128 Å². The zero-order valence-electron chi connectivity index (χ0n) is 13.3. The molecule has 0 radical (unpaired) electrons. The van der Waals surface area contributed by atoms with Gasteiger partial charge in [-0.3, -0.25) is 0 Å². The van der Waals surface area contributed by atoms with E-state index >= 15 is 0 Å². The van der Waals surface area contributed by atoms with E-state index in [-0.39, 0.29) is 0 Å². The summed E-state index contributed by atoms with van der Waals surface area (Å²) in [5, 5.41) is 3.52. The van der Waals surface area contributed by atoms with Crippen molar-refractivity contribution in [1.82, 2.24) is 10.2 Å². The number of likely N-dealkylation sites (tertiary alicyclic amines) is 1. The van der Waals surface area contributed by atoms with Crippen molar-refractivity contribution in [3.8, 4) is 11.5 Å². The molecule has 0 spiro atoms. The van der Waals surface area contributed by atoms with Gasteiger partial charge in [0.25, 0.3) is 0 Å². The van der Waals surface area contributed by atoms with Crippen molar-refractivity contribution in [2.75, 3.05) is 39.4 Å². The highest BCUT2D eigenvalue weighted by molar-refractivity contribution is 5.39. The number of nitrogens with zero attached hydrogens (tertiary/aromatic N) is 1. The highest BCUT2D eigenvalue weighted by Crippen LogP contribution is 2.26. The van der Waals surface area contributed by atoms with Crippen LogP contribution in [0.15, 0.2) is 24.3 Å². The Hall–Kier alpha value is -1.26. The van der Waals surface area contributed by atoms with E-state index in [1.807, 2.05) is 31.2 Å². The van der Waals surface area contributed by atoms with Gasteiger partial charge in [0.2, 0.25) is 0 Å². The Bertz CT molecular complexity index is 406. The molecule has 0 bridgehead atoms. The standard InChI is InChI=1S/C17H28N2O2/c1-3-20-16-8-4-5-9-17(16)21-13-10-18-15(2)14-19-11-6-7-12-19/h4-5,8-9,15,18H,3,6-7,10-14H2,1-2H3. The minimum absolute atomic E-state index is 0.508. The monoisotopic (exact) mass is 292 g/mol. The lowest BCUT2D eigenvalue weighted by Gasteiger charge is -2.21. The van der Waals surface area contributed by atoms with Crippen LogP contribution in [0.25, 0.3) is 0 Å². The van der Waals surface area contributed by atoms with Crippen molar-refractivity contribution in [2.24, 2.45) is 0 Å². The van der Waals surface area contributed by atoms with Crippen LogP contribution in [0.1, 0.15) is 26.7 Å². The van der Waals surface area contributed by atoms with Gasteiger partial charge in [-0.15, -0.1) is 0 Å². The molecule has 1 atom stereocenters. The Morgan fingerprint density at radius 3 is 2.48 bits per heavy atom. The summed E-state index contributed by atoms with van der Waals surface area (Å²) in [6.07, 6.45) is 2.70. The van der Waals surface area contributed by atoms with Gasteiger partial charge in [-0.05, 0) is 51.9 Å². The number of hydrogen-bond donors (Lipinski definition) is 1. The van der Waals surface area contributed by atoms with Gasteiger partial charge in [0.15, 0.2) is 11.5 Å². The third kappa shape index (κ3) is 5.56. The molecule has 4 heteroatoms. The minimum Gasteiger partial charge on any atom is -0.490 e. The Morgan fingerprint density at radius 2 is 1.81 bits per heavy atom. The van der Waals surface area contributed by atoms with Crippen LogP contribution >= 0.6 is 0 Å². The molecular formula is C17H28N2O2. The molecule has 1 aliphatic heterocycles. The molecule has 0 aliphatic carbocycles. The van der Waals surface area contributed by atoms with Gasteiger partial charge in [-0.1, -0.05) is 12.1 Å². The normalized spacial score (nSPS) is 16.9. The van der Waals surface area contributed by atoms with Crippen molar-refractivity contribution < 1.29 is 9.47 Å². The second kappa shape index (κ2) is 8.90. The van der Waals surface area contributed by atoms with Crippen LogP contribution in [0.5, 0.6) is 11.5 Å². The van der Waals surface area contributed by atoms with Crippen LogP contribution in [0.3, 0.4) is 0 Å². The highest BCUT2D eigenvalue weighted by atomic mass is 16.5. The van der Waals surface area contributed by atoms with Crippen molar-refractivity contribution in [3.63, 3.8) is 0 Å². The van der Waals surface area contributed by atoms with E-state index in [0.717, 1.165) is 24.6 Å². The lowest BCUT2D eigenvalue weighted by molar-refractivity contribution is 0.259. The van der Waals surface area contributed by atoms with E-state index in [4.69, 9.17) is 9.47 Å². The third-order valence-corrected chi connectivity index (χ3v) is 3.73. The van der Waals surface area contributed by atoms with Gasteiger partial charge < -0.3 is 19.7 Å². The molecule has 1 saturated heterocycles. The molecule has 4 nitrogen and oxygen atoms in total. The zero-order valence-corrected chi connectivity index (χ0v) is 13.3. The quantitative estimate of drug-likeness (QED) is 0.709. The maximum absolute atomic E-state index is 5.81. The fourth-order valence-corrected chi connectivity index (χ4v) is 2.73. The van der Waals surface area contributed by atoms with E-state index in [9.17, 15) is 0 Å². The van der Waals surface area contributed by atoms with E-state index in [2.05, 4.69) is 17.1 Å². The summed E-state index contributed by atoms with van der Waals surface area (Å²) in [7, 11) is 0. The first-order chi connectivity index (χ1) is 10.3. The van der Waals surface area contributed by atoms with Gasteiger partial charge in [0.1, 0.15) is 6.61 Å². The number of hydrogen-bond acceptors (Lipinski definition) is 4. The number of benzene rings is 1. The predicted molar refractivity (Wildman–Crippen MR) is 86.2 cm³/mol. The van der Waals surface area contributed by atoms with Crippen LogP contribution < -0.4 is 14.8 Å². The average Bonchev–Trinajstić information content (AvgIpc) is 2.98. The van der Waals surface area contributed by atoms with Gasteiger partial charge >= 0.3 is 0 Å². The molecule has 1 heterocycles. The van der Waals surface area contributed by atoms with Crippen molar-refractivity contribution in [1.29, 1.82) is 0 Å². The van der Waals surface area contributed by atoms with Gasteiger partial charge in [0.05, 0.1) is 6.61 Å². The fraction of sp³-hybridized carbons (Fsp3) is 0.647. The van der Waals surface area contributed by atoms with E-state index < -0.39 is 0 Å². The van der Waals surface area contributed by atoms with Crippen molar-refractivity contribution in [2.45, 2.75) is 32.7 Å². The summed E-state index contributed by atoms with van der Waals surface area (Å²) in [4.78, 5) is 2.53. The lowest BCUT2D eigenvalue weighted by Crippen LogP contribution is -2.39. The van der Waals surface area contributed by atoms with Crippen molar-refractivity contribution >= 4 is 0 Å². The molecule has 1 aliphatic rings. The van der Waals surface area contributed by atoms with Gasteiger partial charge in [-0.2, -0.15) is 0 Å². The van der Waals surface area contributed by atoms with Gasteiger partial charge in [-0.25, -0.2) is 0 Å². The number of nitrogens with one attached hydrogen (secondary N) is 1. The Morgan fingerprint density at radius 1 is 1.14 bits per heavy atom. The van der Waals surface area contributed by atoms with Crippen LogP contribution in [-0.4, -0.2) is 50.3 Å². The summed E-state index contributed by atoms with van der Waals surface area (Å²) in [5.41, 5.74) is 0. The molecule has 0 amide bonds. The molecule has 0 saturated carbocycles. The molecule has 1 N–H and O–H groups in total. The second-order valence-corrected chi connectivity index (χ2v) is 5.59. The third-order valence-electron chi connectivity index (χ3n) is 3.73. The van der Waals surface area contributed by atoms with Crippen molar-refractivity contribution in [3.05, 3.63) is 24.3 Å². The summed E-state index contributed by atoms with van der Waals surface area (Å²) in [5.74, 6) is 1.65. The first-order valence-corrected chi connectivity index (χ1v) is 8.10. The molecular weight excluding hydrogens is 264 g/mol. The van der Waals surface area contributed by atoms with E-state index in [0.29, 0.717) is 19.3 Å². The molecule has 2 rings (SSSR count). The van der Waals surface area contributed by atoms with Crippen LogP contribution in [0, 0.1) is 0 Å². The number of rotatable bonds is 9. The van der Waals surface area contributed by atoms with Crippen LogP contribution in [0.2, 0.25) is 0 Å². The minimum atomic E-state index is 0.508. The molecule has 1 aromatic carbocycles. The lowest BCUT2D eigenvalue weighted by atomic mass is 10.3. The summed E-state index contributed by atoms with van der Waals surface area (Å²) in [6.45, 7) is 10.0. The topological polar surface area (TPSA) is 33.7 Å². The largest absolute Gasteiger partial charge is 0.490 e. The SMILES string of the molecule is CCOc1ccccc1OCCNC(C)CN1CCCC1. The average molecular weight is 292 g/mol. The summed E-state index contributed by atoms with van der Waals surface area (Å²) in [6, 6.07) is 8.35. The molecule has 118 valence electrons.